The van der Waals surface area contributed by atoms with Crippen molar-refractivity contribution in [2.24, 2.45) is 0 Å². The molecule has 7 saturated carbocycles. The Hall–Kier alpha value is 0.425. The third kappa shape index (κ3) is 9.27. The normalized spacial score (nSPS) is 44.7. The first-order chi connectivity index (χ1) is 33.5. The van der Waals surface area contributed by atoms with Gasteiger partial charge in [0, 0.05) is 63.6 Å². The van der Waals surface area contributed by atoms with Crippen molar-refractivity contribution in [1.82, 2.24) is 0 Å². The van der Waals surface area contributed by atoms with Crippen molar-refractivity contribution in [3.8, 4) is 0 Å². The lowest BCUT2D eigenvalue weighted by Gasteiger charge is -2.66. The van der Waals surface area contributed by atoms with E-state index in [0.717, 1.165) is 193 Å². The van der Waals surface area contributed by atoms with E-state index >= 15 is 0 Å². The molecule has 23 heteroatoms. The minimum atomic E-state index is -4.10. The monoisotopic (exact) mass is 1100 g/mol. The molecule has 7 aliphatic heterocycles. The summed E-state index contributed by atoms with van der Waals surface area (Å²) in [6.45, 7) is 7.72. The standard InChI is InChI=1S/C42H74O14Si8.C4H8O/c1-34(2)42(43)44-32-17-33-57-45-58(35-18-3-4-19-35)48-61(38-24-9-10-25-38)50-59(46-57,36-20-5-6-21-36)52-63(40-28-13-14-29-40)53-60(47-57,37-22-7-8-23-37)51-62(49-58,39-26-11-12-27-39)55-64(54-61,56-63)41-30-15-16-31-41;1-2-4-5-3-1/h35-41H,1,3-33H2,2H3;1-4H2. The fourth-order valence-corrected chi connectivity index (χ4v) is 71.0. The SMILES string of the molecule is C1CCOC1.C=C(C)C(=O)OCCC[Si]12O[Si]3(C4CCCC4)O[Si]4(C5CCCC5)O[Si](C5CCCC5)(O1)O[Si]1(C5CCCC5)O[Si](C5CCCC5)(O2)O[Si](C2CCCC2)(O3)O[Si](C2CCCC2)(O4)O1. The van der Waals surface area contributed by atoms with E-state index in [1.165, 1.54) is 12.8 Å². The van der Waals surface area contributed by atoms with Crippen LogP contribution in [0.3, 0.4) is 0 Å². The number of esters is 1. The summed E-state index contributed by atoms with van der Waals surface area (Å²) < 4.78 is 111. The summed E-state index contributed by atoms with van der Waals surface area (Å²) in [5.41, 5.74) is 0.424. The van der Waals surface area contributed by atoms with Crippen molar-refractivity contribution in [2.75, 3.05) is 19.8 Å². The second kappa shape index (κ2) is 20.1. The second-order valence-electron chi connectivity index (χ2n) is 23.3. The van der Waals surface area contributed by atoms with Crippen LogP contribution < -0.4 is 0 Å². The minimum Gasteiger partial charge on any atom is -0.462 e. The zero-order valence-corrected chi connectivity index (χ0v) is 49.6. The summed E-state index contributed by atoms with van der Waals surface area (Å²) in [6, 6.07) is 0.365. The molecular weight excluding hydrogens is 1020 g/mol. The van der Waals surface area contributed by atoms with Crippen molar-refractivity contribution < 1.29 is 63.7 Å². The predicted molar refractivity (Wildman–Crippen MR) is 270 cm³/mol. The van der Waals surface area contributed by atoms with Gasteiger partial charge < -0.3 is 58.9 Å². The highest BCUT2D eigenvalue weighted by Gasteiger charge is 2.88. The Morgan fingerprint density at radius 3 is 0.826 bits per heavy atom. The average Bonchev–Trinajstić information content (AvgIpc) is 4.18. The average molecular weight is 1100 g/mol. The van der Waals surface area contributed by atoms with E-state index < -0.39 is 76.4 Å². The van der Waals surface area contributed by atoms with Gasteiger partial charge in [-0.25, -0.2) is 4.79 Å². The first kappa shape index (κ1) is 50.3. The zero-order chi connectivity index (χ0) is 46.8. The molecule has 8 bridgehead atoms. The number of carbonyl (C=O) groups excluding carboxylic acids is 1. The van der Waals surface area contributed by atoms with Crippen LogP contribution in [0.5, 0.6) is 0 Å². The van der Waals surface area contributed by atoms with Crippen molar-refractivity contribution in [1.29, 1.82) is 0 Å². The van der Waals surface area contributed by atoms with Crippen LogP contribution in [0, 0.1) is 0 Å². The highest BCUT2D eigenvalue weighted by molar-refractivity contribution is 7.04. The van der Waals surface area contributed by atoms with Crippen molar-refractivity contribution in [3.63, 3.8) is 0 Å². The van der Waals surface area contributed by atoms with E-state index in [4.69, 9.17) is 58.9 Å². The third-order valence-electron chi connectivity index (χ3n) is 18.5. The number of hydrogen-bond donors (Lipinski definition) is 0. The van der Waals surface area contributed by atoms with Crippen LogP contribution in [0.2, 0.25) is 44.8 Å². The van der Waals surface area contributed by atoms with Gasteiger partial charge in [-0.1, -0.05) is 96.5 Å². The van der Waals surface area contributed by atoms with Crippen LogP contribution in [-0.2, 0) is 63.7 Å². The molecule has 0 radical (unpaired) electrons. The fraction of sp³-hybridized carbons (Fsp3) is 0.935. The lowest BCUT2D eigenvalue weighted by Crippen LogP contribution is -2.90. The maximum Gasteiger partial charge on any atom is 0.482 e. The van der Waals surface area contributed by atoms with E-state index in [2.05, 4.69) is 6.58 Å². The van der Waals surface area contributed by atoms with Gasteiger partial charge in [0.2, 0.25) is 0 Å². The molecule has 14 aliphatic rings. The summed E-state index contributed by atoms with van der Waals surface area (Å²) in [4.78, 5) is 12.9. The molecule has 388 valence electrons. The van der Waals surface area contributed by atoms with Gasteiger partial charge >= 0.3 is 76.4 Å². The Balaban J connectivity index is 0.000000928. The zero-order valence-electron chi connectivity index (χ0n) is 41.6. The van der Waals surface area contributed by atoms with Crippen LogP contribution in [0.1, 0.15) is 206 Å². The topological polar surface area (TPSA) is 146 Å². The molecule has 0 aromatic heterocycles. The molecule has 7 heterocycles. The Morgan fingerprint density at radius 1 is 0.391 bits per heavy atom. The fourth-order valence-electron chi connectivity index (χ4n) is 14.9. The number of rotatable bonds is 12. The van der Waals surface area contributed by atoms with Crippen LogP contribution in [0.4, 0.5) is 0 Å². The third-order valence-corrected chi connectivity index (χ3v) is 58.1. The van der Waals surface area contributed by atoms with E-state index in [1.54, 1.807) is 6.92 Å². The molecule has 0 N–H and O–H groups in total. The summed E-state index contributed by atoms with van der Waals surface area (Å²) in [5.74, 6) is -0.403. The Kier molecular flexibility index (Phi) is 14.6. The molecule has 69 heavy (non-hydrogen) atoms. The molecule has 7 aliphatic carbocycles. The molecule has 0 unspecified atom stereocenters. The van der Waals surface area contributed by atoms with Gasteiger partial charge in [0.1, 0.15) is 0 Å². The Labute approximate surface area is 420 Å². The van der Waals surface area contributed by atoms with Crippen LogP contribution >= 0.6 is 0 Å². The van der Waals surface area contributed by atoms with Gasteiger partial charge in [-0.2, -0.15) is 0 Å². The minimum absolute atomic E-state index is 0.0173. The molecule has 14 fully saturated rings. The van der Waals surface area contributed by atoms with E-state index in [0.29, 0.717) is 18.0 Å². The largest absolute Gasteiger partial charge is 0.482 e. The van der Waals surface area contributed by atoms with Gasteiger partial charge in [-0.3, -0.25) is 0 Å². The first-order valence-electron chi connectivity index (χ1n) is 28.4. The number of carbonyl (C=O) groups is 1. The molecule has 0 amide bonds. The van der Waals surface area contributed by atoms with Gasteiger partial charge in [0.25, 0.3) is 0 Å². The quantitative estimate of drug-likeness (QED) is 0.0790. The van der Waals surface area contributed by atoms with Crippen molar-refractivity contribution in [3.05, 3.63) is 12.2 Å². The lowest BCUT2D eigenvalue weighted by molar-refractivity contribution is -0.139. The molecule has 0 atom stereocenters. The maximum atomic E-state index is 12.9. The van der Waals surface area contributed by atoms with Gasteiger partial charge in [0.15, 0.2) is 0 Å². The molecule has 0 aromatic carbocycles. The van der Waals surface area contributed by atoms with Crippen molar-refractivity contribution >= 4 is 76.4 Å². The van der Waals surface area contributed by atoms with E-state index in [1.807, 2.05) is 0 Å². The van der Waals surface area contributed by atoms with E-state index in [-0.39, 0.29) is 45.4 Å². The van der Waals surface area contributed by atoms with Gasteiger partial charge in [-0.15, -0.1) is 0 Å². The smallest absolute Gasteiger partial charge is 0.462 e. The molecule has 15 nitrogen and oxygen atoms in total. The van der Waals surface area contributed by atoms with Crippen LogP contribution in [0.15, 0.2) is 12.2 Å². The molecule has 0 spiro atoms. The highest BCUT2D eigenvalue weighted by atomic mass is 28.6. The maximum absolute atomic E-state index is 12.9. The summed E-state index contributed by atoms with van der Waals surface area (Å²) >= 11 is 0. The van der Waals surface area contributed by atoms with Crippen molar-refractivity contribution in [2.45, 2.75) is 251 Å². The van der Waals surface area contributed by atoms with Gasteiger partial charge in [0.05, 0.1) is 6.61 Å². The van der Waals surface area contributed by atoms with Crippen LogP contribution in [-0.4, -0.2) is 96.2 Å². The molecule has 14 rings (SSSR count). The van der Waals surface area contributed by atoms with Crippen LogP contribution in [0.25, 0.3) is 0 Å². The molecular formula is C46H82O15Si8. The van der Waals surface area contributed by atoms with Gasteiger partial charge in [-0.05, 0) is 116 Å². The number of ether oxygens (including phenoxy) is 2. The number of hydrogen-bond acceptors (Lipinski definition) is 15. The first-order valence-corrected chi connectivity index (χ1v) is 42.9. The molecule has 0 aromatic rings. The Morgan fingerprint density at radius 2 is 0.623 bits per heavy atom. The Bertz CT molecular complexity index is 1660. The predicted octanol–water partition coefficient (Wildman–Crippen LogP) is 11.7. The highest BCUT2D eigenvalue weighted by Crippen LogP contribution is 2.66. The lowest BCUT2D eigenvalue weighted by atomic mass is 10.4. The summed E-state index contributed by atoms with van der Waals surface area (Å²) in [6.07, 6.45) is 31.2. The molecule has 7 saturated heterocycles. The van der Waals surface area contributed by atoms with E-state index in [9.17, 15) is 4.79 Å². The summed E-state index contributed by atoms with van der Waals surface area (Å²) in [7, 11) is -31.9. The summed E-state index contributed by atoms with van der Waals surface area (Å²) in [5, 5.41) is 0. The second-order valence-corrected chi connectivity index (χ2v) is 49.2.